The van der Waals surface area contributed by atoms with E-state index in [1.54, 1.807) is 22.7 Å². The van der Waals surface area contributed by atoms with Crippen molar-refractivity contribution in [2.24, 2.45) is 0 Å². The fourth-order valence-electron chi connectivity index (χ4n) is 3.02. The van der Waals surface area contributed by atoms with Crippen LogP contribution in [0, 0.1) is 18.3 Å². The molecular weight excluding hydrogens is 376 g/mol. The number of hydrogen-bond acceptors (Lipinski definition) is 5. The summed E-state index contributed by atoms with van der Waals surface area (Å²) in [4.78, 5) is 5.72. The Hall–Kier alpha value is -2.52. The van der Waals surface area contributed by atoms with Crippen LogP contribution < -0.4 is 0 Å². The second kappa shape index (κ2) is 6.03. The molecule has 0 saturated carbocycles. The molecule has 0 unspecified atom stereocenters. The Morgan fingerprint density at radius 3 is 2.73 bits per heavy atom. The molecule has 26 heavy (non-hydrogen) atoms. The summed E-state index contributed by atoms with van der Waals surface area (Å²) in [5.41, 5.74) is 2.86. The first-order valence-electron chi connectivity index (χ1n) is 8.12. The summed E-state index contributed by atoms with van der Waals surface area (Å²) >= 11 is 5.13. The first-order chi connectivity index (χ1) is 12.7. The average Bonchev–Trinajstić information content (AvgIpc) is 3.30. The molecule has 0 spiro atoms. The number of thiazole rings is 1. The minimum Gasteiger partial charge on any atom is -0.235 e. The van der Waals surface area contributed by atoms with Crippen molar-refractivity contribution >= 4 is 75.4 Å². The molecule has 0 N–H and O–H groups in total. The van der Waals surface area contributed by atoms with Gasteiger partial charge in [-0.3, -0.25) is 0 Å². The summed E-state index contributed by atoms with van der Waals surface area (Å²) < 4.78 is 5.02. The van der Waals surface area contributed by atoms with Crippen LogP contribution in [0.3, 0.4) is 0 Å². The van der Waals surface area contributed by atoms with Gasteiger partial charge < -0.3 is 0 Å². The number of para-hydroxylation sites is 1. The van der Waals surface area contributed by atoms with Crippen LogP contribution in [-0.4, -0.2) is 4.98 Å². The van der Waals surface area contributed by atoms with Gasteiger partial charge in [-0.25, -0.2) is 4.98 Å². The summed E-state index contributed by atoms with van der Waals surface area (Å²) in [6.07, 6.45) is 1.97. The van der Waals surface area contributed by atoms with Gasteiger partial charge in [-0.1, -0.05) is 24.3 Å². The lowest BCUT2D eigenvalue weighted by Gasteiger charge is -1.93. The topological polar surface area (TPSA) is 36.7 Å². The maximum absolute atomic E-state index is 9.65. The van der Waals surface area contributed by atoms with E-state index in [2.05, 4.69) is 42.2 Å². The number of aromatic nitrogens is 1. The molecule has 3 aromatic heterocycles. The number of benzene rings is 2. The highest BCUT2D eigenvalue weighted by Crippen LogP contribution is 2.41. The van der Waals surface area contributed by atoms with Crippen LogP contribution in [0.15, 0.2) is 48.5 Å². The Morgan fingerprint density at radius 1 is 1.00 bits per heavy atom. The Kier molecular flexibility index (Phi) is 3.64. The van der Waals surface area contributed by atoms with E-state index in [0.29, 0.717) is 5.57 Å². The highest BCUT2D eigenvalue weighted by Gasteiger charge is 2.12. The van der Waals surface area contributed by atoms with Crippen LogP contribution >= 0.6 is 34.0 Å². The van der Waals surface area contributed by atoms with Gasteiger partial charge in [-0.15, -0.1) is 34.0 Å². The second-order valence-corrected chi connectivity index (χ2v) is 9.30. The number of allylic oxidation sites excluding steroid dienone is 1. The highest BCUT2D eigenvalue weighted by molar-refractivity contribution is 7.33. The van der Waals surface area contributed by atoms with E-state index < -0.39 is 0 Å². The van der Waals surface area contributed by atoms with E-state index >= 15 is 0 Å². The summed E-state index contributed by atoms with van der Waals surface area (Å²) in [5.74, 6) is 0. The monoisotopic (exact) mass is 388 g/mol. The van der Waals surface area contributed by atoms with Crippen molar-refractivity contribution in [2.45, 2.75) is 6.92 Å². The molecule has 0 aliphatic rings. The molecule has 0 bridgehead atoms. The third-order valence-corrected chi connectivity index (χ3v) is 7.66. The maximum Gasteiger partial charge on any atom is 0.135 e. The highest BCUT2D eigenvalue weighted by atomic mass is 32.1. The van der Waals surface area contributed by atoms with E-state index in [0.717, 1.165) is 20.1 Å². The quantitative estimate of drug-likeness (QED) is 0.302. The van der Waals surface area contributed by atoms with Crippen molar-refractivity contribution in [1.29, 1.82) is 5.26 Å². The van der Waals surface area contributed by atoms with Crippen LogP contribution in [0.1, 0.15) is 15.4 Å². The molecule has 0 amide bonds. The molecule has 3 heterocycles. The zero-order valence-electron chi connectivity index (χ0n) is 13.8. The lowest BCUT2D eigenvalue weighted by molar-refractivity contribution is 1.44. The zero-order valence-corrected chi connectivity index (χ0v) is 16.3. The van der Waals surface area contributed by atoms with Crippen LogP contribution in [0.2, 0.25) is 0 Å². The van der Waals surface area contributed by atoms with Gasteiger partial charge in [0.2, 0.25) is 0 Å². The summed E-state index contributed by atoms with van der Waals surface area (Å²) in [6, 6.07) is 19.1. The smallest absolute Gasteiger partial charge is 0.135 e. The van der Waals surface area contributed by atoms with Crippen molar-refractivity contribution in [3.05, 3.63) is 64.0 Å². The number of rotatable bonds is 2. The van der Waals surface area contributed by atoms with Crippen LogP contribution in [0.25, 0.3) is 41.4 Å². The van der Waals surface area contributed by atoms with Gasteiger partial charge in [0.25, 0.3) is 0 Å². The number of hydrogen-bond donors (Lipinski definition) is 0. The predicted molar refractivity (Wildman–Crippen MR) is 115 cm³/mol. The number of nitrogens with zero attached hydrogens (tertiary/aromatic N) is 2. The zero-order chi connectivity index (χ0) is 17.7. The molecule has 2 aromatic carbocycles. The lowest BCUT2D eigenvalue weighted by Crippen LogP contribution is -1.78. The second-order valence-electron chi connectivity index (χ2n) is 6.10. The molecule has 124 valence electrons. The minimum absolute atomic E-state index is 0.625. The summed E-state index contributed by atoms with van der Waals surface area (Å²) in [6.45, 7) is 2.12. The summed E-state index contributed by atoms with van der Waals surface area (Å²) in [5, 5.41) is 11.7. The van der Waals surface area contributed by atoms with E-state index in [1.165, 1.54) is 25.0 Å². The standard InChI is InChI=1S/C21H12N2S3/c1-12-6-7-15-18(8-12)25-19-10-14(24-20(15)19)9-13(11-22)21-23-16-4-2-3-5-17(16)26-21/h2-10H,1H3/b13-9+. The van der Waals surface area contributed by atoms with Crippen molar-refractivity contribution in [3.63, 3.8) is 0 Å². The average molecular weight is 389 g/mol. The fraction of sp³-hybridized carbons (Fsp3) is 0.0476. The molecule has 0 aliphatic carbocycles. The van der Waals surface area contributed by atoms with Crippen LogP contribution in [0.4, 0.5) is 0 Å². The molecule has 0 fully saturated rings. The first-order valence-corrected chi connectivity index (χ1v) is 10.6. The Morgan fingerprint density at radius 2 is 1.88 bits per heavy atom. The number of aryl methyl sites for hydroxylation is 1. The van der Waals surface area contributed by atoms with Crippen molar-refractivity contribution in [1.82, 2.24) is 4.98 Å². The Bertz CT molecular complexity index is 1330. The SMILES string of the molecule is Cc1ccc2c(c1)sc1cc(/C=C(\C#N)c3nc4ccccc4s3)sc12. The molecular formula is C21H12N2S3. The Balaban J connectivity index is 1.62. The van der Waals surface area contributed by atoms with Crippen molar-refractivity contribution in [2.75, 3.05) is 0 Å². The van der Waals surface area contributed by atoms with Gasteiger partial charge in [0, 0.05) is 19.7 Å². The third-order valence-electron chi connectivity index (χ3n) is 4.25. The molecule has 5 heteroatoms. The van der Waals surface area contributed by atoms with Gasteiger partial charge in [-0.2, -0.15) is 5.26 Å². The largest absolute Gasteiger partial charge is 0.235 e. The lowest BCUT2D eigenvalue weighted by atomic mass is 10.2. The van der Waals surface area contributed by atoms with Crippen LogP contribution in [0.5, 0.6) is 0 Å². The molecule has 5 rings (SSSR count). The molecule has 0 atom stereocenters. The first kappa shape index (κ1) is 15.7. The fourth-order valence-corrected chi connectivity index (χ4v) is 6.53. The third kappa shape index (κ3) is 2.55. The van der Waals surface area contributed by atoms with Crippen LogP contribution in [-0.2, 0) is 0 Å². The summed E-state index contributed by atoms with van der Waals surface area (Å²) in [7, 11) is 0. The van der Waals surface area contributed by atoms with E-state index in [-0.39, 0.29) is 0 Å². The van der Waals surface area contributed by atoms with E-state index in [4.69, 9.17) is 0 Å². The minimum atomic E-state index is 0.625. The van der Waals surface area contributed by atoms with Crippen molar-refractivity contribution < 1.29 is 0 Å². The van der Waals surface area contributed by atoms with Crippen molar-refractivity contribution in [3.8, 4) is 6.07 Å². The number of fused-ring (bicyclic) bond motifs is 4. The Labute approximate surface area is 162 Å². The molecule has 0 saturated heterocycles. The van der Waals surface area contributed by atoms with E-state index in [1.807, 2.05) is 41.7 Å². The maximum atomic E-state index is 9.65. The van der Waals surface area contributed by atoms with Gasteiger partial charge in [-0.05, 0) is 42.8 Å². The molecule has 0 radical (unpaired) electrons. The normalized spacial score (nSPS) is 12.2. The molecule has 2 nitrogen and oxygen atoms in total. The molecule has 5 aromatic rings. The predicted octanol–water partition coefficient (Wildman–Crippen LogP) is 7.10. The van der Waals surface area contributed by atoms with E-state index in [9.17, 15) is 5.26 Å². The van der Waals surface area contributed by atoms with Gasteiger partial charge in [0.1, 0.15) is 11.1 Å². The van der Waals surface area contributed by atoms with Gasteiger partial charge >= 0.3 is 0 Å². The number of thiophene rings is 2. The molecule has 0 aliphatic heterocycles. The number of nitriles is 1. The van der Waals surface area contributed by atoms with Gasteiger partial charge in [0.15, 0.2) is 0 Å². The van der Waals surface area contributed by atoms with Gasteiger partial charge in [0.05, 0.1) is 20.5 Å².